The topological polar surface area (TPSA) is 65.2 Å². The summed E-state index contributed by atoms with van der Waals surface area (Å²) in [6.07, 6.45) is 3.21. The Labute approximate surface area is 169 Å². The molecule has 4 rings (SSSR count). The molecule has 0 aliphatic carbocycles. The highest BCUT2D eigenvalue weighted by atomic mass is 16.5. The predicted molar refractivity (Wildman–Crippen MR) is 110 cm³/mol. The Hall–Kier alpha value is -3.73. The van der Waals surface area contributed by atoms with Gasteiger partial charge in [-0.25, -0.2) is 4.98 Å². The third-order valence-electron chi connectivity index (χ3n) is 4.66. The largest absolute Gasteiger partial charge is 0.489 e. The van der Waals surface area contributed by atoms with E-state index in [1.54, 1.807) is 6.20 Å². The molecular weight excluding hydrogens is 364 g/mol. The van der Waals surface area contributed by atoms with Crippen LogP contribution in [0.25, 0.3) is 11.5 Å². The number of nitrogens with zero attached hydrogens (tertiary/aromatic N) is 2. The van der Waals surface area contributed by atoms with Gasteiger partial charge in [-0.3, -0.25) is 9.78 Å². The fraction of sp³-hybridized carbons (Fsp3) is 0.125. The van der Waals surface area contributed by atoms with Gasteiger partial charge in [0.1, 0.15) is 18.1 Å². The molecule has 0 saturated heterocycles. The van der Waals surface area contributed by atoms with E-state index in [1.807, 2.05) is 79.7 Å². The quantitative estimate of drug-likeness (QED) is 0.404. The van der Waals surface area contributed by atoms with Crippen LogP contribution in [-0.2, 0) is 6.61 Å². The van der Waals surface area contributed by atoms with E-state index in [-0.39, 0.29) is 17.6 Å². The van der Waals surface area contributed by atoms with Gasteiger partial charge in [0.05, 0.1) is 6.20 Å². The van der Waals surface area contributed by atoms with E-state index >= 15 is 0 Å². The fourth-order valence-corrected chi connectivity index (χ4v) is 2.94. The van der Waals surface area contributed by atoms with Crippen molar-refractivity contribution in [1.29, 1.82) is 0 Å². The highest BCUT2D eigenvalue weighted by Crippen LogP contribution is 2.24. The van der Waals surface area contributed by atoms with Gasteiger partial charge in [0.25, 0.3) is 5.89 Å². The number of aromatic nitrogens is 2. The summed E-state index contributed by atoms with van der Waals surface area (Å²) >= 11 is 0. The molecule has 5 nitrogen and oxygen atoms in total. The summed E-state index contributed by atoms with van der Waals surface area (Å²) in [4.78, 5) is 21.1. The van der Waals surface area contributed by atoms with Crippen molar-refractivity contribution in [1.82, 2.24) is 9.97 Å². The number of pyridine rings is 1. The Morgan fingerprint density at radius 1 is 0.966 bits per heavy atom. The first-order chi connectivity index (χ1) is 14.2. The second-order valence-corrected chi connectivity index (χ2v) is 6.67. The molecule has 4 aromatic rings. The van der Waals surface area contributed by atoms with Crippen LogP contribution in [0.15, 0.2) is 89.6 Å². The van der Waals surface area contributed by atoms with E-state index in [0.29, 0.717) is 18.1 Å². The zero-order valence-corrected chi connectivity index (χ0v) is 16.0. The number of benzene rings is 2. The van der Waals surface area contributed by atoms with Crippen molar-refractivity contribution < 1.29 is 13.9 Å². The zero-order chi connectivity index (χ0) is 20.1. The van der Waals surface area contributed by atoms with E-state index in [1.165, 1.54) is 6.20 Å². The van der Waals surface area contributed by atoms with Crippen LogP contribution in [0.3, 0.4) is 0 Å². The Balaban J connectivity index is 1.42. The number of ether oxygens (including phenoxy) is 1. The van der Waals surface area contributed by atoms with E-state index in [9.17, 15) is 4.79 Å². The van der Waals surface area contributed by atoms with Gasteiger partial charge in [0.2, 0.25) is 5.78 Å². The van der Waals surface area contributed by atoms with Gasteiger partial charge in [0, 0.05) is 12.1 Å². The number of hydrogen-bond donors (Lipinski definition) is 0. The summed E-state index contributed by atoms with van der Waals surface area (Å²) in [5, 5.41) is 0. The van der Waals surface area contributed by atoms with Crippen molar-refractivity contribution in [3.05, 3.63) is 102 Å². The maximum atomic E-state index is 12.8. The number of para-hydroxylation sites is 1. The Morgan fingerprint density at radius 3 is 2.45 bits per heavy atom. The highest BCUT2D eigenvalue weighted by molar-refractivity contribution is 5.97. The first-order valence-electron chi connectivity index (χ1n) is 9.39. The van der Waals surface area contributed by atoms with Crippen molar-refractivity contribution in [3.63, 3.8) is 0 Å². The van der Waals surface area contributed by atoms with Gasteiger partial charge in [-0.15, -0.1) is 0 Å². The molecule has 0 N–H and O–H groups in total. The van der Waals surface area contributed by atoms with E-state index in [4.69, 9.17) is 9.15 Å². The summed E-state index contributed by atoms with van der Waals surface area (Å²) in [6.45, 7) is 2.32. The average molecular weight is 384 g/mol. The smallest absolute Gasteiger partial charge is 0.264 e. The molecule has 2 aromatic heterocycles. The van der Waals surface area contributed by atoms with Crippen LogP contribution in [0.2, 0.25) is 0 Å². The molecule has 0 aliphatic heterocycles. The van der Waals surface area contributed by atoms with E-state index < -0.39 is 0 Å². The van der Waals surface area contributed by atoms with Crippen LogP contribution in [0, 0.1) is 0 Å². The molecule has 0 amide bonds. The first kappa shape index (κ1) is 18.6. The van der Waals surface area contributed by atoms with Gasteiger partial charge in [0.15, 0.2) is 5.76 Å². The molecular formula is C24H20N2O3. The molecule has 0 spiro atoms. The summed E-state index contributed by atoms with van der Waals surface area (Å²) in [5.74, 6) is 0.867. The second kappa shape index (κ2) is 8.52. The van der Waals surface area contributed by atoms with Crippen molar-refractivity contribution in [2.24, 2.45) is 0 Å². The molecule has 1 atom stereocenters. The number of oxazole rings is 1. The number of ketones is 1. The van der Waals surface area contributed by atoms with Crippen molar-refractivity contribution >= 4 is 5.78 Å². The Morgan fingerprint density at radius 2 is 1.72 bits per heavy atom. The van der Waals surface area contributed by atoms with Crippen LogP contribution < -0.4 is 4.74 Å². The third-order valence-corrected chi connectivity index (χ3v) is 4.66. The monoisotopic (exact) mass is 384 g/mol. The third kappa shape index (κ3) is 4.41. The Kier molecular flexibility index (Phi) is 5.47. The highest BCUT2D eigenvalue weighted by Gasteiger charge is 2.22. The number of carbonyl (C=O) groups excluding carboxylic acids is 1. The Bertz CT molecular complexity index is 1070. The molecule has 0 bridgehead atoms. The van der Waals surface area contributed by atoms with E-state index in [0.717, 1.165) is 16.9 Å². The van der Waals surface area contributed by atoms with Gasteiger partial charge < -0.3 is 9.15 Å². The number of hydrogen-bond acceptors (Lipinski definition) is 5. The van der Waals surface area contributed by atoms with Crippen LogP contribution in [0.5, 0.6) is 5.75 Å². The lowest BCUT2D eigenvalue weighted by atomic mass is 9.96. The van der Waals surface area contributed by atoms with Crippen molar-refractivity contribution in [3.8, 4) is 17.2 Å². The predicted octanol–water partition coefficient (Wildman–Crippen LogP) is 5.30. The molecule has 29 heavy (non-hydrogen) atoms. The molecule has 2 aromatic carbocycles. The van der Waals surface area contributed by atoms with Crippen molar-refractivity contribution in [2.45, 2.75) is 19.4 Å². The van der Waals surface area contributed by atoms with Crippen LogP contribution in [0.4, 0.5) is 0 Å². The summed E-state index contributed by atoms with van der Waals surface area (Å²) in [6, 6.07) is 23.0. The molecule has 0 saturated carbocycles. The normalized spacial score (nSPS) is 11.8. The van der Waals surface area contributed by atoms with Gasteiger partial charge in [-0.1, -0.05) is 55.5 Å². The minimum absolute atomic E-state index is 0.0923. The SMILES string of the molecule is CC(C(=O)c1ncc(-c2ccccn2)o1)c1ccc(COc2ccccc2)cc1. The number of rotatable bonds is 7. The summed E-state index contributed by atoms with van der Waals surface area (Å²) in [5.41, 5.74) is 2.58. The standard InChI is InChI=1S/C24H20N2O3/c1-17(23(27)24-26-15-22(29-24)21-9-5-6-14-25-21)19-12-10-18(11-13-19)16-28-20-7-3-2-4-8-20/h2-15,17H,16H2,1H3. The zero-order valence-electron chi connectivity index (χ0n) is 16.0. The molecule has 0 fully saturated rings. The lowest BCUT2D eigenvalue weighted by Crippen LogP contribution is -2.10. The van der Waals surface area contributed by atoms with E-state index in [2.05, 4.69) is 9.97 Å². The lowest BCUT2D eigenvalue weighted by molar-refractivity contribution is 0.0933. The number of Topliss-reactive ketones (excluding diaryl/α,β-unsaturated/α-hetero) is 1. The number of carbonyl (C=O) groups is 1. The molecule has 1 unspecified atom stereocenters. The average Bonchev–Trinajstić information content (AvgIpc) is 3.29. The van der Waals surface area contributed by atoms with Crippen molar-refractivity contribution in [2.75, 3.05) is 0 Å². The van der Waals surface area contributed by atoms with Crippen LogP contribution in [0.1, 0.15) is 34.7 Å². The maximum absolute atomic E-state index is 12.8. The minimum atomic E-state index is -0.366. The fourth-order valence-electron chi connectivity index (χ4n) is 2.94. The molecule has 144 valence electrons. The second-order valence-electron chi connectivity index (χ2n) is 6.67. The summed E-state index contributed by atoms with van der Waals surface area (Å²) < 4.78 is 11.4. The molecule has 0 aliphatic rings. The van der Waals surface area contributed by atoms with Crippen LogP contribution >= 0.6 is 0 Å². The van der Waals surface area contributed by atoms with Gasteiger partial charge in [-0.05, 0) is 35.4 Å². The molecule has 5 heteroatoms. The lowest BCUT2D eigenvalue weighted by Gasteiger charge is -2.10. The molecule has 2 heterocycles. The summed E-state index contributed by atoms with van der Waals surface area (Å²) in [7, 11) is 0. The maximum Gasteiger partial charge on any atom is 0.264 e. The first-order valence-corrected chi connectivity index (χ1v) is 9.39. The van der Waals surface area contributed by atoms with Gasteiger partial charge >= 0.3 is 0 Å². The van der Waals surface area contributed by atoms with Gasteiger partial charge in [-0.2, -0.15) is 0 Å². The minimum Gasteiger partial charge on any atom is -0.489 e. The molecule has 0 radical (unpaired) electrons. The van der Waals surface area contributed by atoms with Crippen LogP contribution in [-0.4, -0.2) is 15.8 Å².